The van der Waals surface area contributed by atoms with Gasteiger partial charge < -0.3 is 31.2 Å². The molecule has 0 saturated heterocycles. The van der Waals surface area contributed by atoms with Crippen LogP contribution in [0.4, 0.5) is 0 Å². The van der Waals surface area contributed by atoms with Crippen molar-refractivity contribution in [1.29, 1.82) is 0 Å². The molecule has 0 amide bonds. The van der Waals surface area contributed by atoms with Crippen LogP contribution in [0.2, 0.25) is 8.67 Å². The maximum Gasteiger partial charge on any atom is 2.00 e. The van der Waals surface area contributed by atoms with Crippen molar-refractivity contribution < 1.29 is 19.8 Å². The molecule has 11 aromatic rings. The Morgan fingerprint density at radius 1 is 0.373 bits per heavy atom. The number of thiophene rings is 11. The number of hydrogen-bond donors (Lipinski definition) is 0. The monoisotopic (exact) mass is 1330 g/mol. The van der Waals surface area contributed by atoms with Gasteiger partial charge in [-0.15, -0.1) is 119 Å². The van der Waals surface area contributed by atoms with E-state index >= 15 is 0 Å². The average Bonchev–Trinajstić information content (AvgIpc) is 4.07. The van der Waals surface area contributed by atoms with Gasteiger partial charge in [0.15, 0.2) is 0 Å². The van der Waals surface area contributed by atoms with Crippen molar-refractivity contribution in [2.75, 3.05) is 0 Å². The van der Waals surface area contributed by atoms with Crippen LogP contribution in [0, 0.1) is 40.0 Å². The minimum Gasteiger partial charge on any atom is -1.00 e. The summed E-state index contributed by atoms with van der Waals surface area (Å²) < 4.78 is 4.10. The van der Waals surface area contributed by atoms with E-state index < -0.39 is 0 Å². The predicted octanol–water partition coefficient (Wildman–Crippen LogP) is 19.7. The van der Waals surface area contributed by atoms with Gasteiger partial charge in [0, 0.05) is 78.0 Å². The van der Waals surface area contributed by atoms with Gasteiger partial charge in [-0.05, 0) is 180 Å². The Hall–Kier alpha value is 0.252. The molecule has 0 nitrogen and oxygen atoms in total. The summed E-state index contributed by atoms with van der Waals surface area (Å²) in [6.07, 6.45) is 0. The normalized spacial score (nSPS) is 10.4. The average molecular weight is 1340 g/mol. The van der Waals surface area contributed by atoms with Crippen molar-refractivity contribution in [3.8, 4) is 68.3 Å². The summed E-state index contributed by atoms with van der Waals surface area (Å²) in [5.74, 6) is 0. The Labute approximate surface area is 509 Å². The SMILES string of the molecule is Cc1cc(Cl)sc1-c1ccc(-c2ccc(-c3ccc(Br)s3)s2)s1.Cc1cc[c-]s1.Cc1ccc(-c2ccc(-c3ccc(-c4ccc(-c5sc(Cl)cc5C)s4)s3)s2)s1.Cc1ccc(Br)s1.[Br-].[H-].[H-].[Mg+2].[Mg+2]. The molecule has 67 heavy (non-hydrogen) atoms. The molecule has 0 aliphatic rings. The van der Waals surface area contributed by atoms with Gasteiger partial charge in [0.2, 0.25) is 0 Å². The summed E-state index contributed by atoms with van der Waals surface area (Å²) in [6.45, 7) is 10.6. The second-order valence-electron chi connectivity index (χ2n) is 14.0. The van der Waals surface area contributed by atoms with Crippen LogP contribution < -0.4 is 17.0 Å². The molecule has 0 aliphatic carbocycles. The van der Waals surface area contributed by atoms with Crippen LogP contribution in [0.1, 0.15) is 28.6 Å². The van der Waals surface area contributed by atoms with E-state index in [2.05, 4.69) is 169 Å². The Morgan fingerprint density at radius 2 is 0.687 bits per heavy atom. The van der Waals surface area contributed by atoms with E-state index in [9.17, 15) is 0 Å². The molecule has 0 N–H and O–H groups in total. The Balaban J connectivity index is 0.000000276. The first-order chi connectivity index (χ1) is 30.8. The van der Waals surface area contributed by atoms with Gasteiger partial charge in [0.25, 0.3) is 0 Å². The van der Waals surface area contributed by atoms with Crippen LogP contribution in [0.15, 0.2) is 129 Å². The zero-order chi connectivity index (χ0) is 44.9. The Kier molecular flexibility index (Phi) is 23.9. The van der Waals surface area contributed by atoms with Crippen molar-refractivity contribution in [1.82, 2.24) is 0 Å². The fourth-order valence-electron chi connectivity index (χ4n) is 6.10. The zero-order valence-electron chi connectivity index (χ0n) is 38.3. The number of rotatable bonds is 7. The molecule has 0 bridgehead atoms. The fraction of sp³-hybridized carbons (Fsp3) is 0.102. The summed E-state index contributed by atoms with van der Waals surface area (Å²) in [6, 6.07) is 43.2. The fourth-order valence-corrected chi connectivity index (χ4v) is 18.7. The first kappa shape index (κ1) is 58.1. The quantitative estimate of drug-likeness (QED) is 0.110. The predicted molar refractivity (Wildman–Crippen MR) is 322 cm³/mol. The molecule has 0 unspecified atom stereocenters. The molecule has 11 aromatic heterocycles. The van der Waals surface area contributed by atoms with Crippen LogP contribution in [0.3, 0.4) is 0 Å². The van der Waals surface area contributed by atoms with E-state index in [1.807, 2.05) is 92.3 Å². The Bertz CT molecular complexity index is 3210. The van der Waals surface area contributed by atoms with Crippen molar-refractivity contribution in [2.24, 2.45) is 0 Å². The molecule has 18 heteroatoms. The summed E-state index contributed by atoms with van der Waals surface area (Å²) in [7, 11) is 0. The topological polar surface area (TPSA) is 0 Å². The van der Waals surface area contributed by atoms with Gasteiger partial charge in [0.1, 0.15) is 0 Å². The molecule has 11 heterocycles. The second-order valence-corrected chi connectivity index (χ2v) is 30.3. The van der Waals surface area contributed by atoms with Crippen LogP contribution >= 0.6 is 180 Å². The van der Waals surface area contributed by atoms with E-state index in [0.29, 0.717) is 0 Å². The molecular weight excluding hydrogens is 1300 g/mol. The maximum absolute atomic E-state index is 6.19. The zero-order valence-corrected chi connectivity index (χ0v) is 54.4. The molecular formula is C49H37Br3Cl2Mg2S11. The van der Waals surface area contributed by atoms with Gasteiger partial charge in [-0.3, -0.25) is 0 Å². The summed E-state index contributed by atoms with van der Waals surface area (Å²) in [4.78, 5) is 22.5. The largest absolute Gasteiger partial charge is 2.00 e. The van der Waals surface area contributed by atoms with Crippen molar-refractivity contribution in [2.45, 2.75) is 34.6 Å². The summed E-state index contributed by atoms with van der Waals surface area (Å²) in [5, 5.41) is 2.97. The Morgan fingerprint density at radius 3 is 0.940 bits per heavy atom. The van der Waals surface area contributed by atoms with E-state index in [0.717, 1.165) is 8.67 Å². The van der Waals surface area contributed by atoms with Crippen LogP contribution in [0.5, 0.6) is 0 Å². The van der Waals surface area contributed by atoms with E-state index in [1.54, 1.807) is 56.7 Å². The first-order valence-corrected chi connectivity index (χ1v) is 30.7. The smallest absolute Gasteiger partial charge is 1.00 e. The third-order valence-electron chi connectivity index (χ3n) is 9.09. The standard InChI is InChI=1S/C22H15ClS5.C17H10BrClS4.C5H5BrS.C5H5S.BrH.2Mg.2H/c1-12-11-21(23)28-22(12)20-10-9-19(27-20)18-8-7-17(26-18)16-6-5-15(25-16)14-4-3-13(2)24-14;1-9-8-16(19)23-17(9)14-5-4-11(21-14)10-2-3-12(20-10)13-6-7-15(18)22-13;1-4-2-3-5(6)7-4;1-5-3-2-4-6-5;;;;;/h3-11H,1-2H3;2-8H,1H3;2-3H,1H3;2-3H,1H3;1H;;;;/q;;;-1;;2*+2;2*-1/p-1. The van der Waals surface area contributed by atoms with E-state index in [4.69, 9.17) is 23.2 Å². The second kappa shape index (κ2) is 27.5. The first-order valence-electron chi connectivity index (χ1n) is 19.3. The number of aryl methyl sites for hydroxylation is 5. The van der Waals surface area contributed by atoms with Gasteiger partial charge in [-0.1, -0.05) is 30.1 Å². The summed E-state index contributed by atoms with van der Waals surface area (Å²) >= 11 is 38.9. The van der Waals surface area contributed by atoms with Crippen LogP contribution in [0.25, 0.3) is 68.3 Å². The molecule has 11 rings (SSSR count). The molecule has 0 radical (unpaired) electrons. The molecule has 0 atom stereocenters. The van der Waals surface area contributed by atoms with E-state index in [1.165, 1.54) is 102 Å². The van der Waals surface area contributed by atoms with Gasteiger partial charge >= 0.3 is 46.1 Å². The third kappa shape index (κ3) is 15.9. The summed E-state index contributed by atoms with van der Waals surface area (Å²) in [5.41, 5.74) is 2.51. The van der Waals surface area contributed by atoms with Gasteiger partial charge in [0.05, 0.1) is 16.2 Å². The molecule has 0 aromatic carbocycles. The van der Waals surface area contributed by atoms with Crippen molar-refractivity contribution in [3.63, 3.8) is 0 Å². The number of hydrogen-bond acceptors (Lipinski definition) is 11. The van der Waals surface area contributed by atoms with Crippen LogP contribution in [-0.2, 0) is 0 Å². The molecule has 0 aliphatic heterocycles. The molecule has 0 fully saturated rings. The third-order valence-corrected chi connectivity index (χ3v) is 23.5. The maximum atomic E-state index is 6.19. The molecule has 338 valence electrons. The number of halogens is 5. The van der Waals surface area contributed by atoms with Crippen molar-refractivity contribution in [3.05, 3.63) is 169 Å². The van der Waals surface area contributed by atoms with E-state index in [-0.39, 0.29) is 65.9 Å². The van der Waals surface area contributed by atoms with Gasteiger partial charge in [-0.2, -0.15) is 10.9 Å². The van der Waals surface area contributed by atoms with Crippen LogP contribution in [-0.4, -0.2) is 46.1 Å². The minimum atomic E-state index is 0. The molecule has 0 saturated carbocycles. The van der Waals surface area contributed by atoms with Gasteiger partial charge in [-0.25, -0.2) is 6.07 Å². The van der Waals surface area contributed by atoms with Crippen molar-refractivity contribution >= 4 is 226 Å². The minimum absolute atomic E-state index is 0. The molecule has 0 spiro atoms.